The number of hydrogen-bond donors (Lipinski definition) is 1. The summed E-state index contributed by atoms with van der Waals surface area (Å²) in [5.74, 6) is -1.10. The third-order valence-corrected chi connectivity index (χ3v) is 4.86. The van der Waals surface area contributed by atoms with Gasteiger partial charge in [-0.25, -0.2) is 8.78 Å². The number of para-hydroxylation sites is 1. The van der Waals surface area contributed by atoms with Gasteiger partial charge in [-0.3, -0.25) is 4.79 Å². The van der Waals surface area contributed by atoms with Gasteiger partial charge in [0.2, 0.25) is 0 Å². The van der Waals surface area contributed by atoms with Crippen LogP contribution in [0.2, 0.25) is 0 Å². The van der Waals surface area contributed by atoms with Gasteiger partial charge >= 0.3 is 0 Å². The number of carbonyl (C=O) groups is 1. The van der Waals surface area contributed by atoms with Crippen LogP contribution in [0.25, 0.3) is 0 Å². The standard InChI is InChI=1S/C25H25F2NO3/c1-25(2,3)18-9-11-19(12-10-18)31-15-17-14-16(8-13-22(17)30-4)24(29)28-23-20(26)6-5-7-21(23)27/h5-14H,15H2,1-4H3,(H,28,29). The monoisotopic (exact) mass is 425 g/mol. The van der Waals surface area contributed by atoms with Crippen molar-refractivity contribution in [2.75, 3.05) is 12.4 Å². The molecule has 0 unspecified atom stereocenters. The highest BCUT2D eigenvalue weighted by Gasteiger charge is 2.16. The van der Waals surface area contributed by atoms with Crippen LogP contribution in [-0.4, -0.2) is 13.0 Å². The molecule has 162 valence electrons. The fraction of sp³-hybridized carbons (Fsp3) is 0.240. The lowest BCUT2D eigenvalue weighted by molar-refractivity contribution is 0.102. The highest BCUT2D eigenvalue weighted by molar-refractivity contribution is 6.04. The van der Waals surface area contributed by atoms with Crippen LogP contribution in [0.5, 0.6) is 11.5 Å². The van der Waals surface area contributed by atoms with Gasteiger partial charge in [-0.2, -0.15) is 0 Å². The first-order chi connectivity index (χ1) is 14.7. The minimum Gasteiger partial charge on any atom is -0.496 e. The maximum absolute atomic E-state index is 13.8. The first-order valence-electron chi connectivity index (χ1n) is 9.84. The second kappa shape index (κ2) is 9.16. The Kier molecular flexibility index (Phi) is 6.59. The van der Waals surface area contributed by atoms with Crippen LogP contribution in [0.4, 0.5) is 14.5 Å². The van der Waals surface area contributed by atoms with Crippen molar-refractivity contribution >= 4 is 11.6 Å². The normalized spacial score (nSPS) is 11.2. The molecule has 0 saturated carbocycles. The van der Waals surface area contributed by atoms with E-state index in [0.717, 1.165) is 12.1 Å². The molecule has 4 nitrogen and oxygen atoms in total. The lowest BCUT2D eigenvalue weighted by Crippen LogP contribution is -2.15. The molecule has 0 fully saturated rings. The lowest BCUT2D eigenvalue weighted by Gasteiger charge is -2.19. The number of benzene rings is 3. The Labute approximate surface area is 180 Å². The summed E-state index contributed by atoms with van der Waals surface area (Å²) in [6, 6.07) is 15.9. The van der Waals surface area contributed by atoms with Gasteiger partial charge in [0, 0.05) is 11.1 Å². The number of ether oxygens (including phenoxy) is 2. The van der Waals surface area contributed by atoms with Gasteiger partial charge in [0.05, 0.1) is 7.11 Å². The van der Waals surface area contributed by atoms with Crippen LogP contribution in [0.15, 0.2) is 60.7 Å². The molecule has 3 aromatic carbocycles. The first-order valence-corrected chi connectivity index (χ1v) is 9.84. The molecule has 3 rings (SSSR count). The number of amides is 1. The van der Waals surface area contributed by atoms with Crippen molar-refractivity contribution in [3.05, 3.63) is 89.0 Å². The van der Waals surface area contributed by atoms with Crippen molar-refractivity contribution in [3.8, 4) is 11.5 Å². The molecule has 0 spiro atoms. The lowest BCUT2D eigenvalue weighted by atomic mass is 9.87. The zero-order chi connectivity index (χ0) is 22.6. The van der Waals surface area contributed by atoms with Gasteiger partial charge in [0.25, 0.3) is 5.91 Å². The van der Waals surface area contributed by atoms with Crippen LogP contribution in [-0.2, 0) is 12.0 Å². The molecular formula is C25H25F2NO3. The molecule has 6 heteroatoms. The third kappa shape index (κ3) is 5.40. The fourth-order valence-electron chi connectivity index (χ4n) is 3.05. The predicted octanol–water partition coefficient (Wildman–Crippen LogP) is 6.10. The number of nitrogens with one attached hydrogen (secondary N) is 1. The molecule has 0 radical (unpaired) electrons. The summed E-state index contributed by atoms with van der Waals surface area (Å²) in [7, 11) is 1.52. The van der Waals surface area contributed by atoms with Crippen LogP contribution in [0.1, 0.15) is 42.3 Å². The molecule has 0 aliphatic heterocycles. The van der Waals surface area contributed by atoms with Gasteiger partial charge < -0.3 is 14.8 Å². The fourth-order valence-corrected chi connectivity index (χ4v) is 3.05. The van der Waals surface area contributed by atoms with E-state index in [0.29, 0.717) is 17.1 Å². The molecule has 1 N–H and O–H groups in total. The van der Waals surface area contributed by atoms with E-state index in [1.54, 1.807) is 12.1 Å². The summed E-state index contributed by atoms with van der Waals surface area (Å²) in [5, 5.41) is 2.28. The van der Waals surface area contributed by atoms with Crippen molar-refractivity contribution in [1.82, 2.24) is 0 Å². The van der Waals surface area contributed by atoms with E-state index in [-0.39, 0.29) is 17.6 Å². The minimum atomic E-state index is -0.843. The quantitative estimate of drug-likeness (QED) is 0.519. The maximum atomic E-state index is 13.8. The first kappa shape index (κ1) is 22.3. The Morgan fingerprint density at radius 2 is 1.61 bits per heavy atom. The number of anilines is 1. The van der Waals surface area contributed by atoms with E-state index in [1.807, 2.05) is 24.3 Å². The molecule has 0 aromatic heterocycles. The minimum absolute atomic E-state index is 0.0428. The topological polar surface area (TPSA) is 47.6 Å². The molecule has 3 aromatic rings. The van der Waals surface area contributed by atoms with Gasteiger partial charge in [0.15, 0.2) is 0 Å². The average molecular weight is 425 g/mol. The Balaban J connectivity index is 1.76. The summed E-state index contributed by atoms with van der Waals surface area (Å²) in [6.07, 6.45) is 0. The van der Waals surface area contributed by atoms with Crippen LogP contribution in [0.3, 0.4) is 0 Å². The van der Waals surface area contributed by atoms with Gasteiger partial charge in [-0.1, -0.05) is 39.0 Å². The van der Waals surface area contributed by atoms with E-state index in [2.05, 4.69) is 26.1 Å². The zero-order valence-electron chi connectivity index (χ0n) is 18.0. The SMILES string of the molecule is COc1ccc(C(=O)Nc2c(F)cccc2F)cc1COc1ccc(C(C)(C)C)cc1. The molecule has 0 saturated heterocycles. The molecule has 0 aliphatic carbocycles. The largest absolute Gasteiger partial charge is 0.496 e. The van der Waals surface area contributed by atoms with E-state index < -0.39 is 23.2 Å². The van der Waals surface area contributed by atoms with Crippen LogP contribution < -0.4 is 14.8 Å². The number of methoxy groups -OCH3 is 1. The molecule has 0 aliphatic rings. The number of hydrogen-bond acceptors (Lipinski definition) is 3. The highest BCUT2D eigenvalue weighted by Crippen LogP contribution is 2.27. The molecule has 31 heavy (non-hydrogen) atoms. The second-order valence-electron chi connectivity index (χ2n) is 8.14. The molecule has 0 atom stereocenters. The maximum Gasteiger partial charge on any atom is 0.255 e. The van der Waals surface area contributed by atoms with Crippen molar-refractivity contribution < 1.29 is 23.0 Å². The van der Waals surface area contributed by atoms with Gasteiger partial charge in [-0.05, 0) is 53.4 Å². The highest BCUT2D eigenvalue weighted by atomic mass is 19.1. The van der Waals surface area contributed by atoms with Gasteiger partial charge in [0.1, 0.15) is 35.4 Å². The third-order valence-electron chi connectivity index (χ3n) is 4.86. The summed E-state index contributed by atoms with van der Waals surface area (Å²) in [4.78, 5) is 12.5. The van der Waals surface area contributed by atoms with Gasteiger partial charge in [-0.15, -0.1) is 0 Å². The number of halogens is 2. The smallest absolute Gasteiger partial charge is 0.255 e. The van der Waals surface area contributed by atoms with Crippen LogP contribution >= 0.6 is 0 Å². The van der Waals surface area contributed by atoms with Crippen molar-refractivity contribution in [3.63, 3.8) is 0 Å². The van der Waals surface area contributed by atoms with Crippen molar-refractivity contribution in [1.29, 1.82) is 0 Å². The van der Waals surface area contributed by atoms with Crippen LogP contribution in [0, 0.1) is 11.6 Å². The predicted molar refractivity (Wildman–Crippen MR) is 117 cm³/mol. The van der Waals surface area contributed by atoms with E-state index in [4.69, 9.17) is 9.47 Å². The Morgan fingerprint density at radius 3 is 2.19 bits per heavy atom. The van der Waals surface area contributed by atoms with Crippen molar-refractivity contribution in [2.24, 2.45) is 0 Å². The summed E-state index contributed by atoms with van der Waals surface area (Å²) in [5.41, 5.74) is 1.60. The zero-order valence-corrected chi connectivity index (χ0v) is 18.0. The summed E-state index contributed by atoms with van der Waals surface area (Å²) >= 11 is 0. The Hall–Kier alpha value is -3.41. The number of carbonyl (C=O) groups excluding carboxylic acids is 1. The average Bonchev–Trinajstić information content (AvgIpc) is 2.74. The van der Waals surface area contributed by atoms with Crippen molar-refractivity contribution in [2.45, 2.75) is 32.8 Å². The summed E-state index contributed by atoms with van der Waals surface area (Å²) in [6.45, 7) is 6.57. The molecule has 0 bridgehead atoms. The Morgan fingerprint density at radius 1 is 0.968 bits per heavy atom. The Bertz CT molecular complexity index is 1050. The van der Waals surface area contributed by atoms with E-state index in [9.17, 15) is 13.6 Å². The molecule has 0 heterocycles. The molecule has 1 amide bonds. The van der Waals surface area contributed by atoms with E-state index in [1.165, 1.54) is 24.8 Å². The molecular weight excluding hydrogens is 400 g/mol. The van der Waals surface area contributed by atoms with E-state index >= 15 is 0 Å². The summed E-state index contributed by atoms with van der Waals surface area (Å²) < 4.78 is 38.9. The number of rotatable bonds is 6. The second-order valence-corrected chi connectivity index (χ2v) is 8.14.